The summed E-state index contributed by atoms with van der Waals surface area (Å²) in [5, 5.41) is 3.78. The lowest BCUT2D eigenvalue weighted by Gasteiger charge is -2.12. The SMILES string of the molecule is CN(C)CC(N)c1noc(-c2ccccc2OC(F)F)n1. The molecule has 0 saturated carbocycles. The Morgan fingerprint density at radius 3 is 2.71 bits per heavy atom. The van der Waals surface area contributed by atoms with Gasteiger partial charge in [-0.15, -0.1) is 0 Å². The van der Waals surface area contributed by atoms with Crippen LogP contribution in [0.25, 0.3) is 11.5 Å². The van der Waals surface area contributed by atoms with E-state index in [1.165, 1.54) is 6.07 Å². The Balaban J connectivity index is 2.25. The number of alkyl halides is 2. The number of ether oxygens (including phenoxy) is 1. The van der Waals surface area contributed by atoms with Crippen molar-refractivity contribution in [1.82, 2.24) is 15.0 Å². The van der Waals surface area contributed by atoms with Gasteiger partial charge in [0.25, 0.3) is 5.89 Å². The van der Waals surface area contributed by atoms with Gasteiger partial charge in [-0.2, -0.15) is 13.8 Å². The molecule has 1 atom stereocenters. The third-order valence-corrected chi connectivity index (χ3v) is 2.67. The maximum absolute atomic E-state index is 12.4. The minimum Gasteiger partial charge on any atom is -0.434 e. The van der Waals surface area contributed by atoms with Gasteiger partial charge in [-0.3, -0.25) is 0 Å². The molecule has 0 aliphatic heterocycles. The van der Waals surface area contributed by atoms with E-state index in [0.717, 1.165) is 0 Å². The number of benzene rings is 1. The van der Waals surface area contributed by atoms with Crippen molar-refractivity contribution in [1.29, 1.82) is 0 Å². The lowest BCUT2D eigenvalue weighted by Crippen LogP contribution is -2.26. The predicted molar refractivity (Wildman–Crippen MR) is 71.8 cm³/mol. The van der Waals surface area contributed by atoms with E-state index in [1.807, 2.05) is 19.0 Å². The van der Waals surface area contributed by atoms with Gasteiger partial charge in [-0.25, -0.2) is 0 Å². The Labute approximate surface area is 120 Å². The molecule has 0 bridgehead atoms. The van der Waals surface area contributed by atoms with Gasteiger partial charge < -0.3 is 19.9 Å². The van der Waals surface area contributed by atoms with Crippen LogP contribution in [0.15, 0.2) is 28.8 Å². The molecule has 1 heterocycles. The molecule has 2 aromatic rings. The van der Waals surface area contributed by atoms with Gasteiger partial charge in [-0.1, -0.05) is 17.3 Å². The van der Waals surface area contributed by atoms with Crippen LogP contribution in [-0.2, 0) is 0 Å². The van der Waals surface area contributed by atoms with Crippen LogP contribution in [0.1, 0.15) is 11.9 Å². The molecule has 0 radical (unpaired) electrons. The van der Waals surface area contributed by atoms with Crippen LogP contribution >= 0.6 is 0 Å². The van der Waals surface area contributed by atoms with Crippen molar-refractivity contribution >= 4 is 0 Å². The monoisotopic (exact) mass is 298 g/mol. The number of nitrogens with zero attached hydrogens (tertiary/aromatic N) is 3. The van der Waals surface area contributed by atoms with Crippen LogP contribution in [0, 0.1) is 0 Å². The number of nitrogens with two attached hydrogens (primary N) is 1. The summed E-state index contributed by atoms with van der Waals surface area (Å²) in [6, 6.07) is 5.78. The standard InChI is InChI=1S/C13H16F2N4O2/c1-19(2)7-9(16)11-17-12(21-18-11)8-5-3-4-6-10(8)20-13(14)15/h3-6,9,13H,7,16H2,1-2H3. The van der Waals surface area contributed by atoms with Crippen molar-refractivity contribution < 1.29 is 18.0 Å². The zero-order chi connectivity index (χ0) is 15.4. The molecule has 1 unspecified atom stereocenters. The Kier molecular flexibility index (Phi) is 4.81. The molecule has 0 aliphatic rings. The number of para-hydroxylation sites is 1. The quantitative estimate of drug-likeness (QED) is 0.877. The molecule has 2 N–H and O–H groups in total. The number of aromatic nitrogens is 2. The molecular weight excluding hydrogens is 282 g/mol. The molecule has 0 amide bonds. The molecule has 114 valence electrons. The van der Waals surface area contributed by atoms with E-state index >= 15 is 0 Å². The summed E-state index contributed by atoms with van der Waals surface area (Å²) in [6.07, 6.45) is 0. The molecule has 0 aliphatic carbocycles. The average Bonchev–Trinajstić information content (AvgIpc) is 2.87. The number of rotatable bonds is 6. The number of halogens is 2. The van der Waals surface area contributed by atoms with Gasteiger partial charge in [0, 0.05) is 6.54 Å². The smallest absolute Gasteiger partial charge is 0.387 e. The average molecular weight is 298 g/mol. The van der Waals surface area contributed by atoms with Crippen molar-refractivity contribution in [2.45, 2.75) is 12.7 Å². The summed E-state index contributed by atoms with van der Waals surface area (Å²) in [4.78, 5) is 6.03. The third kappa shape index (κ3) is 3.96. The first-order valence-electron chi connectivity index (χ1n) is 6.25. The molecule has 1 aromatic carbocycles. The van der Waals surface area contributed by atoms with E-state index in [4.69, 9.17) is 10.3 Å². The van der Waals surface area contributed by atoms with Crippen LogP contribution in [-0.4, -0.2) is 42.3 Å². The first-order valence-corrected chi connectivity index (χ1v) is 6.25. The predicted octanol–water partition coefficient (Wildman–Crippen LogP) is 1.90. The highest BCUT2D eigenvalue weighted by Crippen LogP contribution is 2.30. The minimum absolute atomic E-state index is 0.0242. The van der Waals surface area contributed by atoms with Crippen molar-refractivity contribution in [3.8, 4) is 17.2 Å². The van der Waals surface area contributed by atoms with Gasteiger partial charge >= 0.3 is 6.61 Å². The Bertz CT molecular complexity index is 589. The fraction of sp³-hybridized carbons (Fsp3) is 0.385. The number of hydrogen-bond donors (Lipinski definition) is 1. The van der Waals surface area contributed by atoms with Crippen molar-refractivity contribution in [2.75, 3.05) is 20.6 Å². The summed E-state index contributed by atoms with van der Waals surface area (Å²) in [5.41, 5.74) is 6.23. The van der Waals surface area contributed by atoms with Crippen molar-refractivity contribution in [3.05, 3.63) is 30.1 Å². The van der Waals surface area contributed by atoms with E-state index < -0.39 is 12.7 Å². The molecule has 0 spiro atoms. The molecule has 6 nitrogen and oxygen atoms in total. The summed E-state index contributed by atoms with van der Waals surface area (Å²) in [6.45, 7) is -2.39. The second-order valence-corrected chi connectivity index (χ2v) is 4.70. The molecule has 0 saturated heterocycles. The van der Waals surface area contributed by atoms with Crippen LogP contribution in [0.2, 0.25) is 0 Å². The summed E-state index contributed by atoms with van der Waals surface area (Å²) in [5.74, 6) is 0.380. The van der Waals surface area contributed by atoms with Gasteiger partial charge in [0.15, 0.2) is 5.82 Å². The number of hydrogen-bond acceptors (Lipinski definition) is 6. The second-order valence-electron chi connectivity index (χ2n) is 4.70. The van der Waals surface area contributed by atoms with E-state index in [9.17, 15) is 8.78 Å². The second kappa shape index (κ2) is 6.59. The van der Waals surface area contributed by atoms with Crippen LogP contribution < -0.4 is 10.5 Å². The zero-order valence-corrected chi connectivity index (χ0v) is 11.7. The van der Waals surface area contributed by atoms with Crippen molar-refractivity contribution in [3.63, 3.8) is 0 Å². The Hall–Kier alpha value is -2.06. The molecule has 21 heavy (non-hydrogen) atoms. The first kappa shape index (κ1) is 15.3. The normalized spacial score (nSPS) is 12.9. The molecule has 1 aromatic heterocycles. The van der Waals surface area contributed by atoms with E-state index in [1.54, 1.807) is 18.2 Å². The summed E-state index contributed by atoms with van der Waals surface area (Å²) >= 11 is 0. The molecule has 8 heteroatoms. The lowest BCUT2D eigenvalue weighted by molar-refractivity contribution is -0.0495. The van der Waals surface area contributed by atoms with Crippen LogP contribution in [0.4, 0.5) is 8.78 Å². The topological polar surface area (TPSA) is 77.4 Å². The highest BCUT2D eigenvalue weighted by molar-refractivity contribution is 5.62. The van der Waals surface area contributed by atoms with Crippen molar-refractivity contribution in [2.24, 2.45) is 5.73 Å². The fourth-order valence-corrected chi connectivity index (χ4v) is 1.81. The molecule has 2 rings (SSSR count). The maximum atomic E-state index is 12.4. The largest absolute Gasteiger partial charge is 0.434 e. The Morgan fingerprint density at radius 2 is 2.05 bits per heavy atom. The Morgan fingerprint density at radius 1 is 1.33 bits per heavy atom. The fourth-order valence-electron chi connectivity index (χ4n) is 1.81. The summed E-state index contributed by atoms with van der Waals surface area (Å²) < 4.78 is 34.3. The van der Waals surface area contributed by atoms with Gasteiger partial charge in [-0.05, 0) is 26.2 Å². The molecule has 0 fully saturated rings. The third-order valence-electron chi connectivity index (χ3n) is 2.67. The van der Waals surface area contributed by atoms with Crippen LogP contribution in [0.3, 0.4) is 0 Å². The summed E-state index contributed by atoms with van der Waals surface area (Å²) in [7, 11) is 3.74. The highest BCUT2D eigenvalue weighted by Gasteiger charge is 2.19. The number of likely N-dealkylation sites (N-methyl/N-ethyl adjacent to an activating group) is 1. The van der Waals surface area contributed by atoms with Crippen LogP contribution in [0.5, 0.6) is 5.75 Å². The highest BCUT2D eigenvalue weighted by atomic mass is 19.3. The van der Waals surface area contributed by atoms with Gasteiger partial charge in [0.2, 0.25) is 0 Å². The van der Waals surface area contributed by atoms with E-state index in [-0.39, 0.29) is 11.6 Å². The minimum atomic E-state index is -2.93. The zero-order valence-electron chi connectivity index (χ0n) is 11.7. The van der Waals surface area contributed by atoms with E-state index in [0.29, 0.717) is 17.9 Å². The van der Waals surface area contributed by atoms with Gasteiger partial charge in [0.1, 0.15) is 5.75 Å². The van der Waals surface area contributed by atoms with Gasteiger partial charge in [0.05, 0.1) is 11.6 Å². The first-order chi connectivity index (χ1) is 9.97. The maximum Gasteiger partial charge on any atom is 0.387 e. The lowest BCUT2D eigenvalue weighted by atomic mass is 10.2. The van der Waals surface area contributed by atoms with E-state index in [2.05, 4.69) is 14.9 Å². The molecular formula is C13H16F2N4O2.